The Morgan fingerprint density at radius 3 is 2.41 bits per heavy atom. The third-order valence-corrected chi connectivity index (χ3v) is 8.16. The number of carbonyl (C=O) groups is 2. The first-order valence-corrected chi connectivity index (χ1v) is 10.4. The van der Waals surface area contributed by atoms with Gasteiger partial charge in [-0.05, 0) is 50.5 Å². The van der Waals surface area contributed by atoms with E-state index in [1.807, 2.05) is 20.8 Å². The van der Waals surface area contributed by atoms with Crippen LogP contribution in [0.25, 0.3) is 0 Å². The highest BCUT2D eigenvalue weighted by atomic mass is 16.5. The first kappa shape index (κ1) is 22.0. The molecule has 0 saturated heterocycles. The Kier molecular flexibility index (Phi) is 5.50. The zero-order valence-corrected chi connectivity index (χ0v) is 18.2. The van der Waals surface area contributed by atoms with Crippen molar-refractivity contribution in [1.29, 1.82) is 0 Å². The molecule has 1 fully saturated rings. The fourth-order valence-electron chi connectivity index (χ4n) is 6.28. The lowest BCUT2D eigenvalue weighted by Gasteiger charge is -2.60. The minimum absolute atomic E-state index is 0.269. The summed E-state index contributed by atoms with van der Waals surface area (Å²) in [5.74, 6) is -0.940. The molecule has 0 aliphatic heterocycles. The minimum Gasteiger partial charge on any atom is -0.469 e. The molecule has 0 aromatic carbocycles. The highest BCUT2D eigenvalue weighted by Crippen LogP contribution is 2.64. The molecular weight excluding hydrogens is 372 g/mol. The van der Waals surface area contributed by atoms with Crippen molar-refractivity contribution in [3.05, 3.63) is 23.8 Å². The number of aliphatic hydroxyl groups is 2. The van der Waals surface area contributed by atoms with Gasteiger partial charge in [0.05, 0.1) is 24.7 Å². The number of hydrogen-bond acceptors (Lipinski definition) is 6. The lowest BCUT2D eigenvalue weighted by atomic mass is 9.45. The van der Waals surface area contributed by atoms with E-state index in [9.17, 15) is 19.8 Å². The molecule has 7 unspecified atom stereocenters. The Balaban J connectivity index is 2.20. The molecule has 3 rings (SSSR count). The highest BCUT2D eigenvalue weighted by Gasteiger charge is 2.64. The summed E-state index contributed by atoms with van der Waals surface area (Å²) in [5.41, 5.74) is -0.451. The van der Waals surface area contributed by atoms with Crippen molar-refractivity contribution in [1.82, 2.24) is 0 Å². The van der Waals surface area contributed by atoms with E-state index in [1.165, 1.54) is 14.0 Å². The van der Waals surface area contributed by atoms with Gasteiger partial charge in [-0.1, -0.05) is 25.5 Å². The zero-order valence-electron chi connectivity index (χ0n) is 18.2. The van der Waals surface area contributed by atoms with Crippen LogP contribution >= 0.6 is 0 Å². The number of carbonyl (C=O) groups excluding carboxylic acids is 2. The molecule has 6 heteroatoms. The molecule has 1 saturated carbocycles. The second-order valence-electron chi connectivity index (χ2n) is 9.68. The predicted molar refractivity (Wildman–Crippen MR) is 108 cm³/mol. The van der Waals surface area contributed by atoms with E-state index in [1.54, 1.807) is 6.08 Å². The van der Waals surface area contributed by atoms with Gasteiger partial charge in [0.25, 0.3) is 0 Å². The lowest BCUT2D eigenvalue weighted by Crippen LogP contribution is -2.61. The van der Waals surface area contributed by atoms with Crippen LogP contribution in [0.1, 0.15) is 59.8 Å². The van der Waals surface area contributed by atoms with Crippen molar-refractivity contribution < 1.29 is 29.3 Å². The minimum atomic E-state index is -0.863. The van der Waals surface area contributed by atoms with Crippen LogP contribution in [-0.2, 0) is 19.1 Å². The van der Waals surface area contributed by atoms with E-state index in [0.717, 1.165) is 5.57 Å². The Bertz CT molecular complexity index is 756. The number of esters is 2. The SMILES string of the molecule is C=CC1(C)CCC2=C(C(O)CC3C(C)(C(=O)OC)CCC(OC(C)=O)C23C)C1O. The number of fused-ring (bicyclic) bond motifs is 2. The van der Waals surface area contributed by atoms with Gasteiger partial charge in [-0.15, -0.1) is 6.58 Å². The number of rotatable bonds is 3. The summed E-state index contributed by atoms with van der Waals surface area (Å²) in [6.45, 7) is 11.1. The molecule has 0 amide bonds. The van der Waals surface area contributed by atoms with Crippen molar-refractivity contribution in [2.75, 3.05) is 7.11 Å². The molecular formula is C23H34O6. The summed E-state index contributed by atoms with van der Waals surface area (Å²) in [4.78, 5) is 24.7. The first-order valence-electron chi connectivity index (χ1n) is 10.4. The smallest absolute Gasteiger partial charge is 0.311 e. The maximum atomic E-state index is 12.8. The Morgan fingerprint density at radius 1 is 1.21 bits per heavy atom. The Labute approximate surface area is 173 Å². The number of aliphatic hydroxyl groups excluding tert-OH is 2. The highest BCUT2D eigenvalue weighted by molar-refractivity contribution is 5.77. The van der Waals surface area contributed by atoms with Crippen molar-refractivity contribution >= 4 is 11.9 Å². The van der Waals surface area contributed by atoms with Gasteiger partial charge < -0.3 is 19.7 Å². The summed E-state index contributed by atoms with van der Waals surface area (Å²) in [6.07, 6.45) is 2.29. The van der Waals surface area contributed by atoms with Crippen LogP contribution in [0.15, 0.2) is 23.8 Å². The molecule has 0 spiro atoms. The van der Waals surface area contributed by atoms with Crippen LogP contribution in [0.2, 0.25) is 0 Å². The van der Waals surface area contributed by atoms with Crippen LogP contribution in [-0.4, -0.2) is 47.6 Å². The third-order valence-electron chi connectivity index (χ3n) is 8.16. The van der Waals surface area contributed by atoms with Gasteiger partial charge in [-0.25, -0.2) is 0 Å². The average Bonchev–Trinajstić information content (AvgIpc) is 2.67. The van der Waals surface area contributed by atoms with Gasteiger partial charge in [0.1, 0.15) is 6.10 Å². The molecule has 0 aromatic heterocycles. The maximum Gasteiger partial charge on any atom is 0.311 e. The topological polar surface area (TPSA) is 93.1 Å². The van der Waals surface area contributed by atoms with Crippen molar-refractivity contribution in [2.45, 2.75) is 78.1 Å². The normalized spacial score (nSPS) is 44.4. The fourth-order valence-corrected chi connectivity index (χ4v) is 6.28. The molecule has 6 nitrogen and oxygen atoms in total. The van der Waals surface area contributed by atoms with Gasteiger partial charge in [-0.2, -0.15) is 0 Å². The summed E-state index contributed by atoms with van der Waals surface area (Å²) in [5, 5.41) is 22.3. The molecule has 2 N–H and O–H groups in total. The van der Waals surface area contributed by atoms with Crippen LogP contribution < -0.4 is 0 Å². The number of ether oxygens (including phenoxy) is 2. The van der Waals surface area contributed by atoms with E-state index >= 15 is 0 Å². The third kappa shape index (κ3) is 3.07. The number of methoxy groups -OCH3 is 1. The van der Waals surface area contributed by atoms with Gasteiger partial charge >= 0.3 is 11.9 Å². The van der Waals surface area contributed by atoms with Gasteiger partial charge in [0.2, 0.25) is 0 Å². The molecule has 29 heavy (non-hydrogen) atoms. The quantitative estimate of drug-likeness (QED) is 0.553. The molecule has 0 bridgehead atoms. The Hall–Kier alpha value is -1.66. The summed E-state index contributed by atoms with van der Waals surface area (Å²) in [7, 11) is 1.38. The van der Waals surface area contributed by atoms with Crippen molar-refractivity contribution in [3.63, 3.8) is 0 Å². The van der Waals surface area contributed by atoms with E-state index in [-0.39, 0.29) is 17.9 Å². The standard InChI is InChI=1S/C23H34O6/c1-7-21(3)10-8-14-18(19(21)26)15(25)12-16-22(4,20(27)28-6)11-9-17(23(14,16)5)29-13(2)24/h7,15-17,19,25-26H,1,8-12H2,2-6H3. The van der Waals surface area contributed by atoms with Crippen LogP contribution in [0, 0.1) is 22.2 Å². The van der Waals surface area contributed by atoms with E-state index in [2.05, 4.69) is 6.58 Å². The molecule has 0 radical (unpaired) electrons. The second kappa shape index (κ2) is 7.24. The summed E-state index contributed by atoms with van der Waals surface area (Å²) < 4.78 is 10.9. The van der Waals surface area contributed by atoms with Gasteiger partial charge in [0, 0.05) is 17.8 Å². The lowest BCUT2D eigenvalue weighted by molar-refractivity contribution is -0.184. The van der Waals surface area contributed by atoms with E-state index in [4.69, 9.17) is 9.47 Å². The largest absolute Gasteiger partial charge is 0.469 e. The van der Waals surface area contributed by atoms with E-state index in [0.29, 0.717) is 37.7 Å². The van der Waals surface area contributed by atoms with Gasteiger partial charge in [-0.3, -0.25) is 9.59 Å². The van der Waals surface area contributed by atoms with Crippen molar-refractivity contribution in [2.24, 2.45) is 22.2 Å². The molecule has 3 aliphatic rings. The monoisotopic (exact) mass is 406 g/mol. The first-order chi connectivity index (χ1) is 13.5. The molecule has 3 aliphatic carbocycles. The summed E-state index contributed by atoms with van der Waals surface area (Å²) >= 11 is 0. The van der Waals surface area contributed by atoms with E-state index < -0.39 is 34.6 Å². The van der Waals surface area contributed by atoms with Gasteiger partial charge in [0.15, 0.2) is 0 Å². The molecule has 162 valence electrons. The number of hydrogen-bond donors (Lipinski definition) is 2. The van der Waals surface area contributed by atoms with Crippen LogP contribution in [0.5, 0.6) is 0 Å². The molecule has 0 heterocycles. The second-order valence-corrected chi connectivity index (χ2v) is 9.68. The molecule has 0 aromatic rings. The van der Waals surface area contributed by atoms with Crippen LogP contribution in [0.3, 0.4) is 0 Å². The van der Waals surface area contributed by atoms with Crippen LogP contribution in [0.4, 0.5) is 0 Å². The predicted octanol–water partition coefficient (Wildman–Crippen LogP) is 2.92. The Morgan fingerprint density at radius 2 is 1.86 bits per heavy atom. The molecule has 7 atom stereocenters. The zero-order chi connectivity index (χ0) is 21.8. The fraction of sp³-hybridized carbons (Fsp3) is 0.739. The summed E-state index contributed by atoms with van der Waals surface area (Å²) in [6, 6.07) is 0. The maximum absolute atomic E-state index is 12.8. The van der Waals surface area contributed by atoms with Crippen molar-refractivity contribution in [3.8, 4) is 0 Å². The average molecular weight is 407 g/mol.